The van der Waals surface area contributed by atoms with Gasteiger partial charge in [-0.25, -0.2) is 0 Å². The van der Waals surface area contributed by atoms with E-state index in [0.717, 1.165) is 25.1 Å². The van der Waals surface area contributed by atoms with E-state index < -0.39 is 0 Å². The van der Waals surface area contributed by atoms with E-state index in [1.807, 2.05) is 6.20 Å². The molecule has 0 aliphatic heterocycles. The summed E-state index contributed by atoms with van der Waals surface area (Å²) in [6.07, 6.45) is 6.43. The standard InChI is InChI=1S/C16H22N4S/c1-3-13-16(21-20-19-13)15(17-4-2)12-9-5-7-11-8-6-10-18-14(11)12/h6,8,10,12,15,17H,3-5,7,9H2,1-2H3. The van der Waals surface area contributed by atoms with Crippen LogP contribution in [-0.4, -0.2) is 21.1 Å². The highest BCUT2D eigenvalue weighted by atomic mass is 32.1. The average Bonchev–Trinajstić information content (AvgIpc) is 3.00. The molecule has 5 heteroatoms. The molecular weight excluding hydrogens is 280 g/mol. The number of nitrogens with zero attached hydrogens (tertiary/aromatic N) is 3. The molecule has 1 aliphatic carbocycles. The number of hydrogen-bond donors (Lipinski definition) is 1. The summed E-state index contributed by atoms with van der Waals surface area (Å²) in [7, 11) is 0. The lowest BCUT2D eigenvalue weighted by atomic mass is 9.81. The molecule has 2 unspecified atom stereocenters. The zero-order chi connectivity index (χ0) is 14.7. The molecule has 0 bridgehead atoms. The number of hydrogen-bond acceptors (Lipinski definition) is 5. The number of rotatable bonds is 5. The molecule has 2 aromatic heterocycles. The number of fused-ring (bicyclic) bond motifs is 1. The topological polar surface area (TPSA) is 50.7 Å². The Hall–Kier alpha value is -1.33. The molecule has 2 aromatic rings. The quantitative estimate of drug-likeness (QED) is 0.921. The third-order valence-corrected chi connectivity index (χ3v) is 5.12. The molecule has 0 fully saturated rings. The van der Waals surface area contributed by atoms with Crippen LogP contribution in [-0.2, 0) is 12.8 Å². The summed E-state index contributed by atoms with van der Waals surface area (Å²) in [6, 6.07) is 4.57. The van der Waals surface area contributed by atoms with Crippen molar-refractivity contribution < 1.29 is 0 Å². The van der Waals surface area contributed by atoms with Gasteiger partial charge in [-0.1, -0.05) is 24.4 Å². The van der Waals surface area contributed by atoms with Crippen LogP contribution in [0.5, 0.6) is 0 Å². The first-order chi connectivity index (χ1) is 10.3. The Kier molecular flexibility index (Phi) is 4.60. The second kappa shape index (κ2) is 6.62. The summed E-state index contributed by atoms with van der Waals surface area (Å²) < 4.78 is 4.18. The summed E-state index contributed by atoms with van der Waals surface area (Å²) in [5.41, 5.74) is 3.81. The minimum Gasteiger partial charge on any atom is -0.309 e. The molecule has 0 saturated heterocycles. The molecule has 21 heavy (non-hydrogen) atoms. The zero-order valence-electron chi connectivity index (χ0n) is 12.7. The molecule has 0 spiro atoms. The van der Waals surface area contributed by atoms with Gasteiger partial charge in [-0.3, -0.25) is 4.98 Å². The first-order valence-corrected chi connectivity index (χ1v) is 8.60. The predicted molar refractivity (Wildman–Crippen MR) is 85.6 cm³/mol. The van der Waals surface area contributed by atoms with Gasteiger partial charge in [-0.15, -0.1) is 5.10 Å². The van der Waals surface area contributed by atoms with E-state index >= 15 is 0 Å². The lowest BCUT2D eigenvalue weighted by Crippen LogP contribution is -2.30. The van der Waals surface area contributed by atoms with Crippen molar-refractivity contribution in [2.45, 2.75) is 51.5 Å². The maximum absolute atomic E-state index is 4.69. The van der Waals surface area contributed by atoms with E-state index in [1.54, 1.807) is 0 Å². The van der Waals surface area contributed by atoms with E-state index in [1.165, 1.54) is 40.5 Å². The Morgan fingerprint density at radius 2 is 2.33 bits per heavy atom. The lowest BCUT2D eigenvalue weighted by Gasteiger charge is -2.31. The van der Waals surface area contributed by atoms with Crippen molar-refractivity contribution in [3.05, 3.63) is 40.2 Å². The molecule has 2 heterocycles. The van der Waals surface area contributed by atoms with Crippen LogP contribution >= 0.6 is 11.5 Å². The zero-order valence-corrected chi connectivity index (χ0v) is 13.5. The largest absolute Gasteiger partial charge is 0.309 e. The van der Waals surface area contributed by atoms with Crippen molar-refractivity contribution in [3.63, 3.8) is 0 Å². The SMILES string of the molecule is CCNC(c1snnc1CC)C1CCCc2cccnc21. The van der Waals surface area contributed by atoms with Crippen LogP contribution in [0.15, 0.2) is 18.3 Å². The fraction of sp³-hybridized carbons (Fsp3) is 0.562. The second-order valence-corrected chi connectivity index (χ2v) is 6.30. The number of aryl methyl sites for hydroxylation is 2. The Balaban J connectivity index is 1.99. The van der Waals surface area contributed by atoms with Gasteiger partial charge in [-0.05, 0) is 55.4 Å². The second-order valence-electron chi connectivity index (χ2n) is 5.52. The van der Waals surface area contributed by atoms with Gasteiger partial charge in [0, 0.05) is 17.8 Å². The van der Waals surface area contributed by atoms with Crippen molar-refractivity contribution in [1.82, 2.24) is 19.9 Å². The normalized spacial score (nSPS) is 19.2. The Bertz CT molecular complexity index is 595. The van der Waals surface area contributed by atoms with Crippen LogP contribution in [0.2, 0.25) is 0 Å². The van der Waals surface area contributed by atoms with Gasteiger partial charge in [0.25, 0.3) is 0 Å². The van der Waals surface area contributed by atoms with Crippen LogP contribution in [0.4, 0.5) is 0 Å². The fourth-order valence-corrected chi connectivity index (χ4v) is 4.18. The summed E-state index contributed by atoms with van der Waals surface area (Å²) >= 11 is 1.54. The van der Waals surface area contributed by atoms with Gasteiger partial charge < -0.3 is 5.32 Å². The van der Waals surface area contributed by atoms with Gasteiger partial charge >= 0.3 is 0 Å². The van der Waals surface area contributed by atoms with Crippen LogP contribution in [0.1, 0.15) is 60.5 Å². The van der Waals surface area contributed by atoms with Crippen LogP contribution in [0.3, 0.4) is 0 Å². The maximum atomic E-state index is 4.69. The third kappa shape index (κ3) is 2.85. The highest BCUT2D eigenvalue weighted by molar-refractivity contribution is 7.05. The van der Waals surface area contributed by atoms with Gasteiger partial charge in [0.1, 0.15) is 0 Å². The molecule has 0 aromatic carbocycles. The minimum absolute atomic E-state index is 0.291. The highest BCUT2D eigenvalue weighted by Gasteiger charge is 2.32. The minimum atomic E-state index is 0.291. The van der Waals surface area contributed by atoms with E-state index in [4.69, 9.17) is 4.98 Å². The van der Waals surface area contributed by atoms with Gasteiger partial charge in [0.15, 0.2) is 0 Å². The van der Waals surface area contributed by atoms with Crippen LogP contribution in [0, 0.1) is 0 Å². The van der Waals surface area contributed by atoms with E-state index in [0.29, 0.717) is 12.0 Å². The monoisotopic (exact) mass is 302 g/mol. The van der Waals surface area contributed by atoms with E-state index in [2.05, 4.69) is 40.9 Å². The Morgan fingerprint density at radius 3 is 3.14 bits per heavy atom. The highest BCUT2D eigenvalue weighted by Crippen LogP contribution is 2.40. The summed E-state index contributed by atoms with van der Waals surface area (Å²) in [6.45, 7) is 5.26. The third-order valence-electron chi connectivity index (χ3n) is 4.27. The molecule has 0 saturated carbocycles. The van der Waals surface area contributed by atoms with Crippen LogP contribution in [0.25, 0.3) is 0 Å². The number of likely N-dealkylation sites (N-methyl/N-ethyl adjacent to an activating group) is 1. The molecule has 3 rings (SSSR count). The Morgan fingerprint density at radius 1 is 1.43 bits per heavy atom. The maximum Gasteiger partial charge on any atom is 0.0801 e. The van der Waals surface area contributed by atoms with Crippen molar-refractivity contribution >= 4 is 11.5 Å². The molecule has 0 radical (unpaired) electrons. The number of pyridine rings is 1. The van der Waals surface area contributed by atoms with E-state index in [9.17, 15) is 0 Å². The number of aromatic nitrogens is 3. The summed E-state index contributed by atoms with van der Waals surface area (Å²) in [5.74, 6) is 0.433. The molecule has 0 amide bonds. The molecule has 1 N–H and O–H groups in total. The smallest absolute Gasteiger partial charge is 0.0801 e. The molecular formula is C16H22N4S. The van der Waals surface area contributed by atoms with Crippen molar-refractivity contribution in [3.8, 4) is 0 Å². The molecule has 4 nitrogen and oxygen atoms in total. The Labute approximate surface area is 130 Å². The van der Waals surface area contributed by atoms with Crippen molar-refractivity contribution in [2.75, 3.05) is 6.54 Å². The first-order valence-electron chi connectivity index (χ1n) is 7.83. The molecule has 2 atom stereocenters. The molecule has 112 valence electrons. The van der Waals surface area contributed by atoms with Gasteiger partial charge in [0.05, 0.1) is 16.6 Å². The summed E-state index contributed by atoms with van der Waals surface area (Å²) in [5, 5.41) is 7.96. The predicted octanol–water partition coefficient (Wildman–Crippen LogP) is 3.27. The average molecular weight is 302 g/mol. The summed E-state index contributed by atoms with van der Waals surface area (Å²) in [4.78, 5) is 5.99. The van der Waals surface area contributed by atoms with Crippen molar-refractivity contribution in [1.29, 1.82) is 0 Å². The molecule has 1 aliphatic rings. The van der Waals surface area contributed by atoms with E-state index in [-0.39, 0.29) is 0 Å². The number of nitrogens with one attached hydrogen (secondary N) is 1. The fourth-order valence-electron chi connectivity index (χ4n) is 3.30. The van der Waals surface area contributed by atoms with Crippen LogP contribution < -0.4 is 5.32 Å². The van der Waals surface area contributed by atoms with Gasteiger partial charge in [0.2, 0.25) is 0 Å². The lowest BCUT2D eigenvalue weighted by molar-refractivity contribution is 0.403. The van der Waals surface area contributed by atoms with Gasteiger partial charge in [-0.2, -0.15) is 0 Å². The first kappa shape index (κ1) is 14.6. The van der Waals surface area contributed by atoms with Crippen molar-refractivity contribution in [2.24, 2.45) is 0 Å².